The highest BCUT2D eigenvalue weighted by Crippen LogP contribution is 2.28. The number of carbonyl (C=O) groups excluding carboxylic acids is 2. The van der Waals surface area contributed by atoms with E-state index in [1.807, 2.05) is 6.26 Å². The van der Waals surface area contributed by atoms with Crippen LogP contribution in [-0.4, -0.2) is 36.3 Å². The number of carbonyl (C=O) groups is 2. The van der Waals surface area contributed by atoms with Gasteiger partial charge in [0.2, 0.25) is 0 Å². The van der Waals surface area contributed by atoms with E-state index in [4.69, 9.17) is 4.74 Å². The highest BCUT2D eigenvalue weighted by molar-refractivity contribution is 7.98. The van der Waals surface area contributed by atoms with E-state index in [1.165, 1.54) is 12.1 Å². The average Bonchev–Trinajstić information content (AvgIpc) is 2.47. The summed E-state index contributed by atoms with van der Waals surface area (Å²) in [5.74, 6) is -0.826. The van der Waals surface area contributed by atoms with E-state index in [9.17, 15) is 14.0 Å². The maximum absolute atomic E-state index is 13.1. The summed E-state index contributed by atoms with van der Waals surface area (Å²) >= 11 is 1.57. The second kappa shape index (κ2) is 7.40. The van der Waals surface area contributed by atoms with Crippen LogP contribution in [0.15, 0.2) is 29.3 Å². The minimum Gasteiger partial charge on any atom is -0.464 e. The Morgan fingerprint density at radius 3 is 2.73 bits per heavy atom. The minimum absolute atomic E-state index is 0.299. The van der Waals surface area contributed by atoms with E-state index in [2.05, 4.69) is 10.3 Å². The molecule has 0 bridgehead atoms. The highest BCUT2D eigenvalue weighted by Gasteiger charge is 2.37. The Labute approximate surface area is 132 Å². The fourth-order valence-corrected chi connectivity index (χ4v) is 2.54. The third-order valence-corrected chi connectivity index (χ3v) is 3.93. The topological polar surface area (TPSA) is 67.8 Å². The molecule has 1 aliphatic heterocycles. The molecule has 1 aromatic carbocycles. The van der Waals surface area contributed by atoms with Gasteiger partial charge >= 0.3 is 12.0 Å². The van der Waals surface area contributed by atoms with Crippen molar-refractivity contribution in [2.75, 3.05) is 18.6 Å². The van der Waals surface area contributed by atoms with Gasteiger partial charge in [-0.15, -0.1) is 0 Å². The number of aliphatic imine (C=N–C) groups is 1. The van der Waals surface area contributed by atoms with E-state index < -0.39 is 24.0 Å². The number of rotatable bonds is 5. The monoisotopic (exact) mass is 324 g/mol. The van der Waals surface area contributed by atoms with Crippen molar-refractivity contribution in [1.82, 2.24) is 5.32 Å². The van der Waals surface area contributed by atoms with Gasteiger partial charge in [0.25, 0.3) is 0 Å². The van der Waals surface area contributed by atoms with E-state index >= 15 is 0 Å². The van der Waals surface area contributed by atoms with Gasteiger partial charge in [0, 0.05) is 11.5 Å². The first-order valence-electron chi connectivity index (χ1n) is 6.79. The second-order valence-corrected chi connectivity index (χ2v) is 5.86. The summed E-state index contributed by atoms with van der Waals surface area (Å²) in [6.45, 7) is 1.92. The first-order valence-corrected chi connectivity index (χ1v) is 8.19. The van der Waals surface area contributed by atoms with Gasteiger partial charge in [0.1, 0.15) is 18.3 Å². The van der Waals surface area contributed by atoms with Crippen LogP contribution in [0.25, 0.3) is 0 Å². The maximum atomic E-state index is 13.1. The van der Waals surface area contributed by atoms with Gasteiger partial charge in [-0.05, 0) is 30.9 Å². The number of esters is 1. The quantitative estimate of drug-likeness (QED) is 0.668. The molecule has 1 aliphatic rings. The molecule has 2 atom stereocenters. The molecule has 0 saturated carbocycles. The van der Waals surface area contributed by atoms with Crippen molar-refractivity contribution in [2.24, 2.45) is 10.9 Å². The molecular formula is C15H17FN2O3S. The van der Waals surface area contributed by atoms with Crippen LogP contribution >= 0.6 is 11.8 Å². The first-order chi connectivity index (χ1) is 10.5. The number of halogens is 1. The number of ether oxygens (including phenoxy) is 1. The number of nitrogens with one attached hydrogen (secondary N) is 1. The molecule has 1 heterocycles. The van der Waals surface area contributed by atoms with Crippen molar-refractivity contribution in [1.29, 1.82) is 0 Å². The van der Waals surface area contributed by atoms with Crippen molar-refractivity contribution in [3.05, 3.63) is 35.6 Å². The normalized spacial score (nSPS) is 21.0. The molecule has 2 amide bonds. The number of nitrogens with zero attached hydrogens (tertiary/aromatic N) is 1. The molecule has 0 aliphatic carbocycles. The number of thioether (sulfide) groups is 1. The molecule has 1 aromatic rings. The van der Waals surface area contributed by atoms with Gasteiger partial charge < -0.3 is 10.1 Å². The SMILES string of the molecule is CSCCOC(=O)C1C(C)=NC(=O)NC1c1ccc(F)cc1. The molecule has 118 valence electrons. The van der Waals surface area contributed by atoms with Crippen LogP contribution in [0.1, 0.15) is 18.5 Å². The Morgan fingerprint density at radius 1 is 1.41 bits per heavy atom. The van der Waals surface area contributed by atoms with E-state index in [0.717, 1.165) is 0 Å². The summed E-state index contributed by atoms with van der Waals surface area (Å²) in [5, 5.41) is 2.65. The molecule has 2 unspecified atom stereocenters. The Morgan fingerprint density at radius 2 is 2.09 bits per heavy atom. The van der Waals surface area contributed by atoms with Crippen molar-refractivity contribution in [3.8, 4) is 0 Å². The van der Waals surface area contributed by atoms with E-state index in [-0.39, 0.29) is 5.82 Å². The van der Waals surface area contributed by atoms with Crippen LogP contribution in [0.3, 0.4) is 0 Å². The summed E-state index contributed by atoms with van der Waals surface area (Å²) in [6.07, 6.45) is 1.92. The number of urea groups is 1. The number of amides is 2. The van der Waals surface area contributed by atoms with Crippen LogP contribution in [0.5, 0.6) is 0 Å². The Hall–Kier alpha value is -1.89. The zero-order valence-corrected chi connectivity index (χ0v) is 13.2. The smallest absolute Gasteiger partial charge is 0.341 e. The highest BCUT2D eigenvalue weighted by atomic mass is 32.2. The number of benzene rings is 1. The van der Waals surface area contributed by atoms with Gasteiger partial charge in [0.05, 0.1) is 6.04 Å². The summed E-state index contributed by atoms with van der Waals surface area (Å²) in [6, 6.07) is 4.55. The molecule has 1 N–H and O–H groups in total. The Kier molecular flexibility index (Phi) is 5.54. The lowest BCUT2D eigenvalue weighted by molar-refractivity contribution is -0.146. The third kappa shape index (κ3) is 3.85. The zero-order chi connectivity index (χ0) is 16.1. The Bertz CT molecular complexity index is 589. The predicted molar refractivity (Wildman–Crippen MR) is 83.6 cm³/mol. The molecule has 5 nitrogen and oxygen atoms in total. The molecule has 2 rings (SSSR count). The van der Waals surface area contributed by atoms with Gasteiger partial charge in [-0.1, -0.05) is 12.1 Å². The molecule has 0 aromatic heterocycles. The van der Waals surface area contributed by atoms with Crippen LogP contribution in [0, 0.1) is 11.7 Å². The van der Waals surface area contributed by atoms with Gasteiger partial charge in [0.15, 0.2) is 0 Å². The molecule has 0 radical (unpaired) electrons. The van der Waals surface area contributed by atoms with Crippen molar-refractivity contribution in [3.63, 3.8) is 0 Å². The second-order valence-electron chi connectivity index (χ2n) is 4.87. The van der Waals surface area contributed by atoms with E-state index in [0.29, 0.717) is 23.6 Å². The van der Waals surface area contributed by atoms with Crippen LogP contribution in [0.4, 0.5) is 9.18 Å². The van der Waals surface area contributed by atoms with Crippen molar-refractivity contribution >= 4 is 29.5 Å². The lowest BCUT2D eigenvalue weighted by atomic mass is 9.88. The third-order valence-electron chi connectivity index (χ3n) is 3.36. The fourth-order valence-electron chi connectivity index (χ4n) is 2.29. The molecule has 0 saturated heterocycles. The molecule has 0 fully saturated rings. The van der Waals surface area contributed by atoms with Crippen LogP contribution < -0.4 is 5.32 Å². The van der Waals surface area contributed by atoms with Gasteiger partial charge in [-0.2, -0.15) is 11.8 Å². The summed E-state index contributed by atoms with van der Waals surface area (Å²) in [5.41, 5.74) is 1.03. The van der Waals surface area contributed by atoms with Crippen molar-refractivity contribution < 1.29 is 18.7 Å². The fraction of sp³-hybridized carbons (Fsp3) is 0.400. The number of hydrogen-bond acceptors (Lipinski definition) is 4. The van der Waals surface area contributed by atoms with Gasteiger partial charge in [-0.25, -0.2) is 14.2 Å². The molecule has 7 heteroatoms. The van der Waals surface area contributed by atoms with Gasteiger partial charge in [-0.3, -0.25) is 4.79 Å². The zero-order valence-electron chi connectivity index (χ0n) is 12.3. The van der Waals surface area contributed by atoms with Crippen molar-refractivity contribution in [2.45, 2.75) is 13.0 Å². The summed E-state index contributed by atoms with van der Waals surface area (Å²) in [7, 11) is 0. The average molecular weight is 324 g/mol. The minimum atomic E-state index is -0.704. The number of hydrogen-bond donors (Lipinski definition) is 1. The summed E-state index contributed by atoms with van der Waals surface area (Å²) < 4.78 is 18.3. The largest absolute Gasteiger partial charge is 0.464 e. The Balaban J connectivity index is 2.24. The summed E-state index contributed by atoms with van der Waals surface area (Å²) in [4.78, 5) is 27.7. The molecule has 22 heavy (non-hydrogen) atoms. The maximum Gasteiger partial charge on any atom is 0.341 e. The standard InChI is InChI=1S/C15H17FN2O3S/c1-9-12(14(19)21-7-8-22-2)13(18-15(20)17-9)10-3-5-11(16)6-4-10/h3-6,12-13H,7-8H2,1-2H3,(H,18,20). The first kappa shape index (κ1) is 16.5. The van der Waals surface area contributed by atoms with Crippen LogP contribution in [-0.2, 0) is 9.53 Å². The molecule has 0 spiro atoms. The van der Waals surface area contributed by atoms with E-state index in [1.54, 1.807) is 30.8 Å². The molecular weight excluding hydrogens is 307 g/mol. The predicted octanol–water partition coefficient (Wildman–Crippen LogP) is 2.57. The van der Waals surface area contributed by atoms with Crippen LogP contribution in [0.2, 0.25) is 0 Å². The lowest BCUT2D eigenvalue weighted by Crippen LogP contribution is -2.44. The lowest BCUT2D eigenvalue weighted by Gasteiger charge is -2.29.